The Hall–Kier alpha value is -2.77. The van der Waals surface area contributed by atoms with Crippen molar-refractivity contribution in [3.63, 3.8) is 0 Å². The Balaban J connectivity index is 1.86. The van der Waals surface area contributed by atoms with Crippen molar-refractivity contribution in [1.82, 2.24) is 0 Å². The van der Waals surface area contributed by atoms with E-state index in [1.807, 2.05) is 0 Å². The smallest absolute Gasteiger partial charge is 0.291 e. The number of halogens is 1. The van der Waals surface area contributed by atoms with Crippen LogP contribution in [0.4, 0.5) is 11.4 Å². The molecule has 8 heteroatoms. The van der Waals surface area contributed by atoms with Crippen LogP contribution in [0.1, 0.15) is 16.1 Å². The van der Waals surface area contributed by atoms with Gasteiger partial charge in [-0.1, -0.05) is 17.7 Å². The molecule has 1 heterocycles. The molecule has 1 amide bonds. The van der Waals surface area contributed by atoms with Crippen molar-refractivity contribution >= 4 is 38.9 Å². The van der Waals surface area contributed by atoms with Gasteiger partial charge in [0.05, 0.1) is 11.2 Å². The van der Waals surface area contributed by atoms with Gasteiger partial charge in [-0.2, -0.15) is 0 Å². The highest BCUT2D eigenvalue weighted by Crippen LogP contribution is 2.24. The lowest BCUT2D eigenvalue weighted by Crippen LogP contribution is -2.16. The number of aryl methyl sites for hydroxylation is 1. The molecule has 2 N–H and O–H groups in total. The van der Waals surface area contributed by atoms with E-state index in [1.165, 1.54) is 18.4 Å². The minimum absolute atomic E-state index is 0.0599. The first kappa shape index (κ1) is 18.0. The Morgan fingerprint density at radius 1 is 1.04 bits per heavy atom. The normalized spacial score (nSPS) is 11.2. The maximum atomic E-state index is 12.7. The van der Waals surface area contributed by atoms with Gasteiger partial charge in [-0.05, 0) is 61.0 Å². The van der Waals surface area contributed by atoms with Gasteiger partial charge >= 0.3 is 0 Å². The molecule has 0 saturated carbocycles. The van der Waals surface area contributed by atoms with E-state index in [0.29, 0.717) is 22.0 Å². The summed E-state index contributed by atoms with van der Waals surface area (Å²) in [6.07, 6.45) is 1.38. The predicted octanol–water partition coefficient (Wildman–Crippen LogP) is 4.29. The van der Waals surface area contributed by atoms with Gasteiger partial charge in [0.25, 0.3) is 15.9 Å². The van der Waals surface area contributed by atoms with E-state index < -0.39 is 15.9 Å². The number of carbonyl (C=O) groups excluding carboxylic acids is 1. The molecular formula is C18H15ClN2O4S. The molecule has 0 spiro atoms. The molecule has 26 heavy (non-hydrogen) atoms. The molecule has 3 aromatic rings. The number of hydrogen-bond donors (Lipinski definition) is 2. The van der Waals surface area contributed by atoms with Gasteiger partial charge in [-0.15, -0.1) is 0 Å². The number of furan rings is 1. The second-order valence-corrected chi connectivity index (χ2v) is 7.61. The molecule has 3 rings (SSSR count). The molecule has 0 bridgehead atoms. The molecule has 0 radical (unpaired) electrons. The molecule has 134 valence electrons. The van der Waals surface area contributed by atoms with Crippen LogP contribution < -0.4 is 10.0 Å². The summed E-state index contributed by atoms with van der Waals surface area (Å²) in [6.45, 7) is 1.68. The van der Waals surface area contributed by atoms with Crippen LogP contribution in [0.25, 0.3) is 0 Å². The van der Waals surface area contributed by atoms with E-state index in [4.69, 9.17) is 16.0 Å². The first-order valence-corrected chi connectivity index (χ1v) is 9.45. The number of nitrogens with one attached hydrogen (secondary N) is 2. The van der Waals surface area contributed by atoms with Crippen LogP contribution in [0, 0.1) is 6.92 Å². The fourth-order valence-electron chi connectivity index (χ4n) is 2.30. The van der Waals surface area contributed by atoms with Crippen molar-refractivity contribution in [2.45, 2.75) is 11.8 Å². The van der Waals surface area contributed by atoms with E-state index in [2.05, 4.69) is 10.0 Å². The zero-order chi connectivity index (χ0) is 18.7. The molecule has 0 atom stereocenters. The second kappa shape index (κ2) is 7.23. The number of amides is 1. The highest BCUT2D eigenvalue weighted by molar-refractivity contribution is 7.92. The topological polar surface area (TPSA) is 88.4 Å². The van der Waals surface area contributed by atoms with Gasteiger partial charge in [-0.25, -0.2) is 8.42 Å². The van der Waals surface area contributed by atoms with E-state index >= 15 is 0 Å². The average Bonchev–Trinajstić information content (AvgIpc) is 3.13. The van der Waals surface area contributed by atoms with E-state index in [0.717, 1.165) is 0 Å². The van der Waals surface area contributed by atoms with Crippen LogP contribution in [0.15, 0.2) is 70.2 Å². The Morgan fingerprint density at radius 2 is 1.73 bits per heavy atom. The summed E-state index contributed by atoms with van der Waals surface area (Å²) in [4.78, 5) is 12.1. The highest BCUT2D eigenvalue weighted by atomic mass is 35.5. The fourth-order valence-corrected chi connectivity index (χ4v) is 3.75. The summed E-state index contributed by atoms with van der Waals surface area (Å²) in [5, 5.41) is 3.12. The lowest BCUT2D eigenvalue weighted by Gasteiger charge is -2.12. The first-order valence-electron chi connectivity index (χ1n) is 7.59. The SMILES string of the molecule is Cc1ccc(NC(=O)c2ccco2)cc1S(=O)(=O)Nc1ccc(Cl)cc1. The van der Waals surface area contributed by atoms with Crippen molar-refractivity contribution in [3.05, 3.63) is 77.2 Å². The number of carbonyl (C=O) groups is 1. The Bertz CT molecular complexity index is 1030. The third-order valence-corrected chi connectivity index (χ3v) is 5.35. The third-order valence-electron chi connectivity index (χ3n) is 3.58. The lowest BCUT2D eigenvalue weighted by atomic mass is 10.2. The molecular weight excluding hydrogens is 376 g/mol. The number of hydrogen-bond acceptors (Lipinski definition) is 4. The Morgan fingerprint density at radius 3 is 2.38 bits per heavy atom. The molecule has 1 aromatic heterocycles. The molecule has 0 saturated heterocycles. The van der Waals surface area contributed by atoms with Gasteiger partial charge < -0.3 is 9.73 Å². The highest BCUT2D eigenvalue weighted by Gasteiger charge is 2.19. The molecule has 6 nitrogen and oxygen atoms in total. The molecule has 0 aliphatic rings. The lowest BCUT2D eigenvalue weighted by molar-refractivity contribution is 0.0996. The van der Waals surface area contributed by atoms with E-state index in [1.54, 1.807) is 49.4 Å². The largest absolute Gasteiger partial charge is 0.459 e. The van der Waals surface area contributed by atoms with Gasteiger partial charge in [0, 0.05) is 16.4 Å². The quantitative estimate of drug-likeness (QED) is 0.680. The third kappa shape index (κ3) is 4.07. The van der Waals surface area contributed by atoms with Crippen molar-refractivity contribution < 1.29 is 17.6 Å². The molecule has 0 aliphatic carbocycles. The summed E-state index contributed by atoms with van der Waals surface area (Å²) >= 11 is 5.81. The second-order valence-electron chi connectivity index (χ2n) is 5.52. The summed E-state index contributed by atoms with van der Waals surface area (Å²) in [5.41, 5.74) is 1.27. The van der Waals surface area contributed by atoms with Crippen LogP contribution >= 0.6 is 11.6 Å². The predicted molar refractivity (Wildman–Crippen MR) is 100 cm³/mol. The van der Waals surface area contributed by atoms with E-state index in [-0.39, 0.29) is 10.7 Å². The van der Waals surface area contributed by atoms with Crippen molar-refractivity contribution in [2.24, 2.45) is 0 Å². The first-order chi connectivity index (χ1) is 12.3. The maximum Gasteiger partial charge on any atom is 0.291 e. The molecule has 2 aromatic carbocycles. The molecule has 0 aliphatic heterocycles. The maximum absolute atomic E-state index is 12.7. The fraction of sp³-hybridized carbons (Fsp3) is 0.0556. The number of rotatable bonds is 5. The summed E-state index contributed by atoms with van der Waals surface area (Å²) in [6, 6.07) is 14.1. The zero-order valence-corrected chi connectivity index (χ0v) is 15.3. The van der Waals surface area contributed by atoms with Crippen molar-refractivity contribution in [1.29, 1.82) is 0 Å². The average molecular weight is 391 g/mol. The minimum Gasteiger partial charge on any atom is -0.459 e. The van der Waals surface area contributed by atoms with Gasteiger partial charge in [0.15, 0.2) is 5.76 Å². The monoisotopic (exact) mass is 390 g/mol. The van der Waals surface area contributed by atoms with E-state index in [9.17, 15) is 13.2 Å². The van der Waals surface area contributed by atoms with Crippen molar-refractivity contribution in [2.75, 3.05) is 10.0 Å². The zero-order valence-electron chi connectivity index (χ0n) is 13.7. The van der Waals surface area contributed by atoms with Crippen LogP contribution in [-0.4, -0.2) is 14.3 Å². The standard InChI is InChI=1S/C18H15ClN2O4S/c1-12-4-7-15(20-18(22)16-3-2-10-25-16)11-17(12)26(23,24)21-14-8-5-13(19)6-9-14/h2-11,21H,1H3,(H,20,22). The summed E-state index contributed by atoms with van der Waals surface area (Å²) < 4.78 is 32.9. The Labute approximate surface area is 155 Å². The minimum atomic E-state index is -3.84. The van der Waals surface area contributed by atoms with Gasteiger partial charge in [-0.3, -0.25) is 9.52 Å². The summed E-state index contributed by atoms with van der Waals surface area (Å²) in [5.74, 6) is -0.331. The van der Waals surface area contributed by atoms with Gasteiger partial charge in [0.2, 0.25) is 0 Å². The number of sulfonamides is 1. The molecule has 0 unspecified atom stereocenters. The van der Waals surface area contributed by atoms with Crippen LogP contribution in [0.3, 0.4) is 0 Å². The molecule has 0 fully saturated rings. The van der Waals surface area contributed by atoms with Gasteiger partial charge in [0.1, 0.15) is 0 Å². The van der Waals surface area contributed by atoms with Crippen LogP contribution in [0.5, 0.6) is 0 Å². The van der Waals surface area contributed by atoms with Crippen LogP contribution in [0.2, 0.25) is 5.02 Å². The number of anilines is 2. The summed E-state index contributed by atoms with van der Waals surface area (Å²) in [7, 11) is -3.84. The van der Waals surface area contributed by atoms with Crippen LogP contribution in [-0.2, 0) is 10.0 Å². The number of benzene rings is 2. The Kier molecular flexibility index (Phi) is 5.01. The van der Waals surface area contributed by atoms with Crippen molar-refractivity contribution in [3.8, 4) is 0 Å².